The molecule has 7 heteroatoms. The maximum absolute atomic E-state index is 13.0. The van der Waals surface area contributed by atoms with Crippen molar-refractivity contribution in [2.45, 2.75) is 45.6 Å². The molecule has 3 aromatic rings. The van der Waals surface area contributed by atoms with E-state index in [9.17, 15) is 4.79 Å². The van der Waals surface area contributed by atoms with E-state index in [4.69, 9.17) is 4.74 Å². The van der Waals surface area contributed by atoms with Crippen molar-refractivity contribution in [3.8, 4) is 0 Å². The van der Waals surface area contributed by atoms with Gasteiger partial charge in [-0.15, -0.1) is 0 Å². The Morgan fingerprint density at radius 3 is 2.70 bits per heavy atom. The Morgan fingerprint density at radius 1 is 1.17 bits per heavy atom. The Hall–Kier alpha value is -3.19. The first-order valence-corrected chi connectivity index (χ1v) is 10.2. The smallest absolute Gasteiger partial charge is 0.318 e. The Labute approximate surface area is 176 Å². The highest BCUT2D eigenvalue weighted by Gasteiger charge is 2.39. The second kappa shape index (κ2) is 9.09. The number of nitrogens with one attached hydrogen (secondary N) is 2. The van der Waals surface area contributed by atoms with Crippen LogP contribution in [0.25, 0.3) is 0 Å². The molecule has 2 unspecified atom stereocenters. The van der Waals surface area contributed by atoms with Gasteiger partial charge in [-0.3, -0.25) is 5.10 Å². The van der Waals surface area contributed by atoms with Gasteiger partial charge < -0.3 is 15.0 Å². The van der Waals surface area contributed by atoms with Gasteiger partial charge in [-0.1, -0.05) is 60.2 Å². The van der Waals surface area contributed by atoms with Crippen molar-refractivity contribution in [2.24, 2.45) is 0 Å². The average Bonchev–Trinajstić information content (AvgIpc) is 3.37. The normalized spacial score (nSPS) is 18.5. The lowest BCUT2D eigenvalue weighted by atomic mass is 10.1. The summed E-state index contributed by atoms with van der Waals surface area (Å²) in [4.78, 5) is 19.2. The van der Waals surface area contributed by atoms with Gasteiger partial charge >= 0.3 is 6.03 Å². The number of hydrogen-bond acceptors (Lipinski definition) is 4. The van der Waals surface area contributed by atoms with E-state index in [0.29, 0.717) is 31.9 Å². The van der Waals surface area contributed by atoms with Crippen LogP contribution >= 0.6 is 0 Å². The fourth-order valence-electron chi connectivity index (χ4n) is 3.79. The SMILES string of the molecule is Cc1cccc(COC2CC(c3n[nH]c(C)n3)N(C(=O)NCc3ccccc3)C2)c1. The van der Waals surface area contributed by atoms with Crippen LogP contribution in [-0.2, 0) is 17.9 Å². The van der Waals surface area contributed by atoms with Crippen molar-refractivity contribution in [3.63, 3.8) is 0 Å². The maximum atomic E-state index is 13.0. The second-order valence-corrected chi connectivity index (χ2v) is 7.75. The predicted octanol–water partition coefficient (Wildman–Crippen LogP) is 3.66. The van der Waals surface area contributed by atoms with Gasteiger partial charge in [0.15, 0.2) is 5.82 Å². The molecule has 2 heterocycles. The van der Waals surface area contributed by atoms with Gasteiger partial charge in [-0.05, 0) is 25.0 Å². The van der Waals surface area contributed by atoms with Gasteiger partial charge in [0.2, 0.25) is 0 Å². The maximum Gasteiger partial charge on any atom is 0.318 e. The molecule has 0 radical (unpaired) electrons. The van der Waals surface area contributed by atoms with Gasteiger partial charge in [0, 0.05) is 19.5 Å². The van der Waals surface area contributed by atoms with Gasteiger partial charge in [0.1, 0.15) is 5.82 Å². The molecule has 2 amide bonds. The van der Waals surface area contributed by atoms with E-state index in [0.717, 1.165) is 17.0 Å². The number of amides is 2. The fourth-order valence-corrected chi connectivity index (χ4v) is 3.79. The number of urea groups is 1. The molecule has 0 bridgehead atoms. The van der Waals surface area contributed by atoms with E-state index in [1.54, 1.807) is 4.90 Å². The average molecular weight is 406 g/mol. The second-order valence-electron chi connectivity index (χ2n) is 7.75. The topological polar surface area (TPSA) is 83.1 Å². The number of H-pyrrole nitrogens is 1. The van der Waals surface area contributed by atoms with Crippen LogP contribution in [0.1, 0.15) is 40.8 Å². The molecule has 0 saturated carbocycles. The van der Waals surface area contributed by atoms with Gasteiger partial charge in [0.25, 0.3) is 0 Å². The molecule has 1 aromatic heterocycles. The molecule has 156 valence electrons. The first kappa shape index (κ1) is 20.1. The van der Waals surface area contributed by atoms with Crippen molar-refractivity contribution in [1.29, 1.82) is 0 Å². The molecule has 30 heavy (non-hydrogen) atoms. The lowest BCUT2D eigenvalue weighted by Gasteiger charge is -2.22. The van der Waals surface area contributed by atoms with Crippen molar-refractivity contribution < 1.29 is 9.53 Å². The third kappa shape index (κ3) is 4.86. The molecule has 4 rings (SSSR count). The van der Waals surface area contributed by atoms with E-state index in [2.05, 4.69) is 45.6 Å². The largest absolute Gasteiger partial charge is 0.372 e. The molecule has 1 aliphatic rings. The Balaban J connectivity index is 1.43. The summed E-state index contributed by atoms with van der Waals surface area (Å²) in [6, 6.07) is 17.8. The number of benzene rings is 2. The van der Waals surface area contributed by atoms with Crippen LogP contribution < -0.4 is 5.32 Å². The zero-order chi connectivity index (χ0) is 20.9. The van der Waals surface area contributed by atoms with E-state index < -0.39 is 0 Å². The summed E-state index contributed by atoms with van der Waals surface area (Å²) in [7, 11) is 0. The summed E-state index contributed by atoms with van der Waals surface area (Å²) >= 11 is 0. The molecule has 0 spiro atoms. The van der Waals surface area contributed by atoms with Gasteiger partial charge in [0.05, 0.1) is 18.8 Å². The Morgan fingerprint density at radius 2 is 1.97 bits per heavy atom. The van der Waals surface area contributed by atoms with Crippen molar-refractivity contribution in [1.82, 2.24) is 25.4 Å². The van der Waals surface area contributed by atoms with E-state index in [1.807, 2.05) is 43.3 Å². The molecular weight excluding hydrogens is 378 g/mol. The zero-order valence-corrected chi connectivity index (χ0v) is 17.3. The zero-order valence-electron chi connectivity index (χ0n) is 17.3. The minimum absolute atomic E-state index is 0.0724. The summed E-state index contributed by atoms with van der Waals surface area (Å²) in [6.45, 7) is 5.43. The predicted molar refractivity (Wildman–Crippen MR) is 114 cm³/mol. The Kier molecular flexibility index (Phi) is 6.09. The van der Waals surface area contributed by atoms with Crippen LogP contribution in [0, 0.1) is 13.8 Å². The van der Waals surface area contributed by atoms with Crippen LogP contribution in [0.2, 0.25) is 0 Å². The minimum atomic E-state index is -0.215. The van der Waals surface area contributed by atoms with Crippen LogP contribution in [0.5, 0.6) is 0 Å². The summed E-state index contributed by atoms with van der Waals surface area (Å²) in [5.74, 6) is 1.36. The number of aromatic nitrogens is 3. The number of nitrogens with zero attached hydrogens (tertiary/aromatic N) is 3. The number of ether oxygens (including phenoxy) is 1. The van der Waals surface area contributed by atoms with E-state index >= 15 is 0 Å². The lowest BCUT2D eigenvalue weighted by molar-refractivity contribution is 0.0483. The van der Waals surface area contributed by atoms with Crippen LogP contribution in [0.15, 0.2) is 54.6 Å². The van der Waals surface area contributed by atoms with Crippen LogP contribution in [-0.4, -0.2) is 38.8 Å². The highest BCUT2D eigenvalue weighted by Crippen LogP contribution is 2.32. The van der Waals surface area contributed by atoms with Crippen LogP contribution in [0.3, 0.4) is 0 Å². The summed E-state index contributed by atoms with van der Waals surface area (Å²) in [5, 5.41) is 10.2. The molecule has 7 nitrogen and oxygen atoms in total. The number of hydrogen-bond donors (Lipinski definition) is 2. The standard InChI is InChI=1S/C23H27N5O2/c1-16-7-6-10-19(11-16)15-30-20-12-21(22-25-17(2)26-27-22)28(14-20)23(29)24-13-18-8-4-3-5-9-18/h3-11,20-21H,12-15H2,1-2H3,(H,24,29)(H,25,26,27). The van der Waals surface area contributed by atoms with Crippen molar-refractivity contribution in [3.05, 3.63) is 82.9 Å². The molecule has 1 aliphatic heterocycles. The lowest BCUT2D eigenvalue weighted by Crippen LogP contribution is -2.40. The highest BCUT2D eigenvalue weighted by molar-refractivity contribution is 5.75. The number of aryl methyl sites for hydroxylation is 2. The summed E-state index contributed by atoms with van der Waals surface area (Å²) in [5.41, 5.74) is 3.40. The molecule has 0 aliphatic carbocycles. The molecule has 2 aromatic carbocycles. The third-order valence-corrected chi connectivity index (χ3v) is 5.29. The number of aromatic amines is 1. The van der Waals surface area contributed by atoms with Crippen molar-refractivity contribution >= 4 is 6.03 Å². The molecular formula is C23H27N5O2. The number of carbonyl (C=O) groups is 1. The highest BCUT2D eigenvalue weighted by atomic mass is 16.5. The number of carbonyl (C=O) groups excluding carboxylic acids is 1. The molecule has 2 atom stereocenters. The first-order chi connectivity index (χ1) is 14.6. The number of likely N-dealkylation sites (tertiary alicyclic amines) is 1. The van der Waals surface area contributed by atoms with E-state index in [-0.39, 0.29) is 18.2 Å². The summed E-state index contributed by atoms with van der Waals surface area (Å²) < 4.78 is 6.16. The van der Waals surface area contributed by atoms with Gasteiger partial charge in [-0.2, -0.15) is 5.10 Å². The quantitative estimate of drug-likeness (QED) is 0.656. The first-order valence-electron chi connectivity index (χ1n) is 10.2. The van der Waals surface area contributed by atoms with E-state index in [1.165, 1.54) is 5.56 Å². The monoisotopic (exact) mass is 405 g/mol. The molecule has 2 N–H and O–H groups in total. The number of rotatable bonds is 6. The summed E-state index contributed by atoms with van der Waals surface area (Å²) in [6.07, 6.45) is 0.596. The minimum Gasteiger partial charge on any atom is -0.372 e. The molecule has 1 saturated heterocycles. The third-order valence-electron chi connectivity index (χ3n) is 5.29. The van der Waals surface area contributed by atoms with Crippen LogP contribution in [0.4, 0.5) is 4.79 Å². The Bertz CT molecular complexity index is 988. The van der Waals surface area contributed by atoms with Crippen molar-refractivity contribution in [2.75, 3.05) is 6.54 Å². The fraction of sp³-hybridized carbons (Fsp3) is 0.348. The molecule has 1 fully saturated rings. The van der Waals surface area contributed by atoms with Gasteiger partial charge in [-0.25, -0.2) is 9.78 Å².